The Kier molecular flexibility index (Phi) is 2.20. The summed E-state index contributed by atoms with van der Waals surface area (Å²) in [7, 11) is 2.27. The molecule has 1 radical (unpaired) electrons. The van der Waals surface area contributed by atoms with Crippen molar-refractivity contribution in [1.29, 1.82) is 0 Å². The lowest BCUT2D eigenvalue weighted by molar-refractivity contribution is 0.259. The van der Waals surface area contributed by atoms with E-state index in [4.69, 9.17) is 0 Å². The molecule has 0 spiro atoms. The largest absolute Gasteiger partial charge is 0.342 e. The molecule has 0 amide bonds. The molecule has 1 nitrogen and oxygen atoms in total. The first-order chi connectivity index (χ1) is 5.31. The number of fused-ring (bicyclic) bond motifs is 2. The fourth-order valence-corrected chi connectivity index (χ4v) is 3.09. The van der Waals surface area contributed by atoms with Crippen LogP contribution in [0.5, 0.6) is 0 Å². The molecule has 2 heterocycles. The average molecular weight is 168 g/mol. The van der Waals surface area contributed by atoms with Gasteiger partial charge in [0.1, 0.15) is 0 Å². The predicted octanol–water partition coefficient (Wildman–Crippen LogP) is 1.58. The van der Waals surface area contributed by atoms with Gasteiger partial charge < -0.3 is 4.81 Å². The van der Waals surface area contributed by atoms with Crippen molar-refractivity contribution in [2.45, 2.75) is 49.8 Å². The topological polar surface area (TPSA) is 3.24 Å². The minimum Gasteiger partial charge on any atom is -0.342 e. The molecule has 61 valence electrons. The Morgan fingerprint density at radius 1 is 1.27 bits per heavy atom. The summed E-state index contributed by atoms with van der Waals surface area (Å²) >= 11 is 4.56. The van der Waals surface area contributed by atoms with Gasteiger partial charge in [0.05, 0.1) is 0 Å². The third-order valence-corrected chi connectivity index (χ3v) is 3.48. The Morgan fingerprint density at radius 3 is 2.27 bits per heavy atom. The van der Waals surface area contributed by atoms with Crippen molar-refractivity contribution >= 4 is 20.0 Å². The highest BCUT2D eigenvalue weighted by atomic mass is 32.1. The van der Waals surface area contributed by atoms with Crippen LogP contribution in [0.2, 0.25) is 6.82 Å². The maximum absolute atomic E-state index is 4.56. The van der Waals surface area contributed by atoms with Crippen molar-refractivity contribution in [2.24, 2.45) is 0 Å². The average Bonchev–Trinajstić information content (AvgIpc) is 2.23. The zero-order valence-electron chi connectivity index (χ0n) is 7.03. The Morgan fingerprint density at radius 2 is 1.82 bits per heavy atom. The fraction of sp³-hybridized carbons (Fsp3) is 1.00. The molecule has 2 aliphatic heterocycles. The summed E-state index contributed by atoms with van der Waals surface area (Å²) in [5.41, 5.74) is 0. The first-order valence-corrected chi connectivity index (χ1v) is 5.08. The summed E-state index contributed by atoms with van der Waals surface area (Å²) < 4.78 is 0. The molecule has 2 bridgehead atoms. The second-order valence-electron chi connectivity index (χ2n) is 3.72. The summed E-state index contributed by atoms with van der Waals surface area (Å²) in [6.45, 7) is 2.16. The number of nitrogens with zero attached hydrogens (tertiary/aromatic N) is 1. The van der Waals surface area contributed by atoms with E-state index < -0.39 is 0 Å². The molecule has 3 heteroatoms. The van der Waals surface area contributed by atoms with E-state index in [9.17, 15) is 0 Å². The molecule has 0 saturated carbocycles. The van der Waals surface area contributed by atoms with E-state index in [0.29, 0.717) is 5.25 Å². The lowest BCUT2D eigenvalue weighted by Crippen LogP contribution is -2.44. The Labute approximate surface area is 75.2 Å². The summed E-state index contributed by atoms with van der Waals surface area (Å²) in [6, 6.07) is 1.64. The number of hydrogen-bond acceptors (Lipinski definition) is 2. The smallest absolute Gasteiger partial charge is 0.205 e. The molecule has 0 N–H and O–H groups in total. The first-order valence-electron chi connectivity index (χ1n) is 4.56. The van der Waals surface area contributed by atoms with E-state index in [1.807, 2.05) is 0 Å². The number of piperidine rings is 1. The van der Waals surface area contributed by atoms with E-state index in [1.54, 1.807) is 0 Å². The summed E-state index contributed by atoms with van der Waals surface area (Å²) in [6.07, 6.45) is 5.38. The highest BCUT2D eigenvalue weighted by Gasteiger charge is 2.38. The van der Waals surface area contributed by atoms with Crippen LogP contribution in [-0.2, 0) is 0 Å². The molecule has 2 aliphatic rings. The number of rotatable bonds is 1. The second-order valence-corrected chi connectivity index (χ2v) is 4.45. The van der Waals surface area contributed by atoms with Gasteiger partial charge in [-0.25, -0.2) is 0 Å². The molecule has 2 fully saturated rings. The highest BCUT2D eigenvalue weighted by Crippen LogP contribution is 2.36. The standard InChI is InChI=1S/C8H15BNS/c1-9-10-6-2-3-7(10)5-8(11)4-6/h6-8,11H,2-5H2,1H3. The molecule has 2 rings (SSSR count). The van der Waals surface area contributed by atoms with Gasteiger partial charge in [-0.15, -0.1) is 0 Å². The molecular formula is C8H15BNS. The van der Waals surface area contributed by atoms with E-state index in [-0.39, 0.29) is 0 Å². The minimum atomic E-state index is 0.670. The summed E-state index contributed by atoms with van der Waals surface area (Å²) in [5.74, 6) is 0. The van der Waals surface area contributed by atoms with E-state index in [0.717, 1.165) is 12.1 Å². The van der Waals surface area contributed by atoms with E-state index in [1.165, 1.54) is 25.7 Å². The maximum Gasteiger partial charge on any atom is 0.205 e. The van der Waals surface area contributed by atoms with Crippen molar-refractivity contribution in [3.63, 3.8) is 0 Å². The van der Waals surface area contributed by atoms with Gasteiger partial charge in [0.15, 0.2) is 0 Å². The van der Waals surface area contributed by atoms with Gasteiger partial charge in [-0.05, 0) is 37.8 Å². The molecular weight excluding hydrogens is 153 g/mol. The second kappa shape index (κ2) is 3.02. The van der Waals surface area contributed by atoms with Gasteiger partial charge in [0, 0.05) is 5.25 Å². The van der Waals surface area contributed by atoms with Crippen molar-refractivity contribution in [3.8, 4) is 0 Å². The number of hydrogen-bond donors (Lipinski definition) is 1. The zero-order valence-corrected chi connectivity index (χ0v) is 7.93. The zero-order chi connectivity index (χ0) is 7.84. The molecule has 2 unspecified atom stereocenters. The molecule has 0 aromatic carbocycles. The number of thiol groups is 1. The fourth-order valence-electron chi connectivity index (χ4n) is 2.61. The minimum absolute atomic E-state index is 0.670. The Hall–Kier alpha value is 0.375. The summed E-state index contributed by atoms with van der Waals surface area (Å²) in [4.78, 5) is 2.55. The van der Waals surface area contributed by atoms with E-state index >= 15 is 0 Å². The SMILES string of the molecule is C[B]N1C2CCC1CC(S)C2. The van der Waals surface area contributed by atoms with Gasteiger partial charge in [-0.3, -0.25) is 0 Å². The highest BCUT2D eigenvalue weighted by molar-refractivity contribution is 7.80. The van der Waals surface area contributed by atoms with Crippen molar-refractivity contribution in [3.05, 3.63) is 0 Å². The molecule has 2 atom stereocenters. The normalized spacial score (nSPS) is 44.4. The van der Waals surface area contributed by atoms with Gasteiger partial charge >= 0.3 is 0 Å². The molecule has 2 saturated heterocycles. The van der Waals surface area contributed by atoms with Crippen LogP contribution in [0, 0.1) is 0 Å². The lowest BCUT2D eigenvalue weighted by Gasteiger charge is -2.36. The van der Waals surface area contributed by atoms with Crippen molar-refractivity contribution < 1.29 is 0 Å². The van der Waals surface area contributed by atoms with Crippen molar-refractivity contribution in [1.82, 2.24) is 4.81 Å². The van der Waals surface area contributed by atoms with Crippen LogP contribution >= 0.6 is 12.6 Å². The molecule has 0 aliphatic carbocycles. The molecule has 0 aromatic heterocycles. The monoisotopic (exact) mass is 168 g/mol. The van der Waals surface area contributed by atoms with Crippen LogP contribution in [0.1, 0.15) is 25.7 Å². The lowest BCUT2D eigenvalue weighted by atomic mass is 9.87. The van der Waals surface area contributed by atoms with Crippen LogP contribution in [0.15, 0.2) is 0 Å². The van der Waals surface area contributed by atoms with Crippen LogP contribution in [0.25, 0.3) is 0 Å². The van der Waals surface area contributed by atoms with Gasteiger partial charge in [-0.2, -0.15) is 12.6 Å². The Bertz CT molecular complexity index is 139. The van der Waals surface area contributed by atoms with Gasteiger partial charge in [-0.1, -0.05) is 6.82 Å². The van der Waals surface area contributed by atoms with E-state index in [2.05, 4.69) is 31.7 Å². The maximum atomic E-state index is 4.56. The van der Waals surface area contributed by atoms with Gasteiger partial charge in [0.25, 0.3) is 0 Å². The predicted molar refractivity (Wildman–Crippen MR) is 52.3 cm³/mol. The third-order valence-electron chi connectivity index (χ3n) is 3.06. The Balaban J connectivity index is 2.06. The van der Waals surface area contributed by atoms with Gasteiger partial charge in [0.2, 0.25) is 7.41 Å². The van der Waals surface area contributed by atoms with Crippen LogP contribution in [0.3, 0.4) is 0 Å². The van der Waals surface area contributed by atoms with Crippen LogP contribution < -0.4 is 0 Å². The molecule has 0 aromatic rings. The van der Waals surface area contributed by atoms with Crippen molar-refractivity contribution in [2.75, 3.05) is 0 Å². The van der Waals surface area contributed by atoms with Crippen LogP contribution in [-0.4, -0.2) is 29.6 Å². The third kappa shape index (κ3) is 1.33. The quantitative estimate of drug-likeness (QED) is 0.459. The van der Waals surface area contributed by atoms with Crippen LogP contribution in [0.4, 0.5) is 0 Å². The summed E-state index contributed by atoms with van der Waals surface area (Å²) in [5, 5.41) is 0.670. The molecule has 11 heavy (non-hydrogen) atoms. The first kappa shape index (κ1) is 8.00.